The SMILES string of the molecule is COc1cccc(CC(C2CCN(C(=O)C3C(C)(C)C3(C)C)CC2)N(C)C(=O)c2ccn(C)n2)c1. The number of carbonyl (C=O) groups is 2. The Morgan fingerprint density at radius 2 is 1.80 bits per heavy atom. The predicted octanol–water partition coefficient (Wildman–Crippen LogP) is 4.03. The van der Waals surface area contributed by atoms with Crippen LogP contribution in [0.15, 0.2) is 36.5 Å². The molecule has 0 bridgehead atoms. The van der Waals surface area contributed by atoms with Crippen LogP contribution in [0.1, 0.15) is 56.6 Å². The number of aryl methyl sites for hydroxylation is 1. The highest BCUT2D eigenvalue weighted by atomic mass is 16.5. The van der Waals surface area contributed by atoms with Crippen LogP contribution >= 0.6 is 0 Å². The number of aromatic nitrogens is 2. The molecule has 1 aromatic heterocycles. The summed E-state index contributed by atoms with van der Waals surface area (Å²) in [5, 5.41) is 4.33. The van der Waals surface area contributed by atoms with Crippen LogP contribution in [0.25, 0.3) is 0 Å². The molecule has 0 N–H and O–H groups in total. The van der Waals surface area contributed by atoms with Crippen molar-refractivity contribution in [2.45, 2.75) is 53.0 Å². The Labute approximate surface area is 209 Å². The van der Waals surface area contributed by atoms with Crippen LogP contribution in [0.3, 0.4) is 0 Å². The fourth-order valence-corrected chi connectivity index (χ4v) is 6.02. The van der Waals surface area contributed by atoms with Gasteiger partial charge < -0.3 is 14.5 Å². The highest BCUT2D eigenvalue weighted by Crippen LogP contribution is 2.68. The summed E-state index contributed by atoms with van der Waals surface area (Å²) in [6, 6.07) is 9.83. The third-order valence-corrected chi connectivity index (χ3v) is 8.99. The standard InChI is InChI=1S/C28H40N4O3/c1-27(2)24(28(27,3)4)26(34)32-15-11-20(12-16-32)23(18-19-9-8-10-21(17-19)35-7)31(6)25(33)22-13-14-30(5)29-22/h8-10,13-14,17,20,23-24H,11-12,15-16,18H2,1-7H3. The zero-order chi connectivity index (χ0) is 25.5. The van der Waals surface area contributed by atoms with Gasteiger partial charge in [0.1, 0.15) is 11.4 Å². The molecule has 190 valence electrons. The van der Waals surface area contributed by atoms with E-state index >= 15 is 0 Å². The lowest BCUT2D eigenvalue weighted by molar-refractivity contribution is -0.135. The van der Waals surface area contributed by atoms with Gasteiger partial charge in [0.05, 0.1) is 7.11 Å². The van der Waals surface area contributed by atoms with Gasteiger partial charge in [-0.2, -0.15) is 5.10 Å². The lowest BCUT2D eigenvalue weighted by atomic mass is 9.84. The van der Waals surface area contributed by atoms with Crippen molar-refractivity contribution in [2.75, 3.05) is 27.2 Å². The van der Waals surface area contributed by atoms with E-state index in [0.717, 1.165) is 43.7 Å². The van der Waals surface area contributed by atoms with Gasteiger partial charge in [-0.1, -0.05) is 39.8 Å². The molecule has 2 fully saturated rings. The van der Waals surface area contributed by atoms with Gasteiger partial charge in [0.25, 0.3) is 5.91 Å². The normalized spacial score (nSPS) is 20.4. The summed E-state index contributed by atoms with van der Waals surface area (Å²) in [4.78, 5) is 30.5. The Bertz CT molecular complexity index is 1070. The molecule has 1 unspecified atom stereocenters. The summed E-state index contributed by atoms with van der Waals surface area (Å²) in [6.07, 6.45) is 4.29. The highest BCUT2D eigenvalue weighted by Gasteiger charge is 2.68. The summed E-state index contributed by atoms with van der Waals surface area (Å²) in [6.45, 7) is 10.3. The molecule has 0 spiro atoms. The Morgan fingerprint density at radius 3 is 2.34 bits per heavy atom. The second kappa shape index (κ2) is 9.32. The summed E-state index contributed by atoms with van der Waals surface area (Å²) >= 11 is 0. The van der Waals surface area contributed by atoms with Gasteiger partial charge >= 0.3 is 0 Å². The number of hydrogen-bond acceptors (Lipinski definition) is 4. The molecule has 4 rings (SSSR count). The van der Waals surface area contributed by atoms with E-state index in [1.807, 2.05) is 37.2 Å². The van der Waals surface area contributed by atoms with Crippen LogP contribution in [0.4, 0.5) is 0 Å². The number of amides is 2. The first-order valence-electron chi connectivity index (χ1n) is 12.7. The van der Waals surface area contributed by atoms with E-state index in [1.54, 1.807) is 24.1 Å². The number of nitrogens with zero attached hydrogens (tertiary/aromatic N) is 4. The van der Waals surface area contributed by atoms with Crippen LogP contribution in [0.5, 0.6) is 5.75 Å². The van der Waals surface area contributed by atoms with E-state index in [1.165, 1.54) is 0 Å². The largest absolute Gasteiger partial charge is 0.497 e. The quantitative estimate of drug-likeness (QED) is 0.600. The van der Waals surface area contributed by atoms with Crippen molar-refractivity contribution in [2.24, 2.45) is 29.7 Å². The number of hydrogen-bond donors (Lipinski definition) is 0. The van der Waals surface area contributed by atoms with Gasteiger partial charge in [0, 0.05) is 45.3 Å². The number of rotatable bonds is 7. The molecule has 1 saturated carbocycles. The fourth-order valence-electron chi connectivity index (χ4n) is 6.02. The topological polar surface area (TPSA) is 67.7 Å². The molecule has 2 amide bonds. The van der Waals surface area contributed by atoms with E-state index < -0.39 is 0 Å². The highest BCUT2D eigenvalue weighted by molar-refractivity contribution is 5.92. The number of piperidine rings is 1. The van der Waals surface area contributed by atoms with Gasteiger partial charge in [0.2, 0.25) is 5.91 Å². The van der Waals surface area contributed by atoms with Crippen molar-refractivity contribution in [1.82, 2.24) is 19.6 Å². The molecule has 1 aromatic carbocycles. The molecular weight excluding hydrogens is 440 g/mol. The maximum absolute atomic E-state index is 13.3. The zero-order valence-electron chi connectivity index (χ0n) is 22.2. The first-order valence-corrected chi connectivity index (χ1v) is 12.7. The van der Waals surface area contributed by atoms with Gasteiger partial charge in [-0.3, -0.25) is 14.3 Å². The molecule has 1 saturated heterocycles. The second-order valence-corrected chi connectivity index (χ2v) is 11.5. The summed E-state index contributed by atoms with van der Waals surface area (Å²) in [5.74, 6) is 1.42. The molecule has 1 atom stereocenters. The van der Waals surface area contributed by atoms with Crippen LogP contribution in [-0.2, 0) is 18.3 Å². The van der Waals surface area contributed by atoms with Gasteiger partial charge in [-0.25, -0.2) is 0 Å². The molecule has 2 heterocycles. The first-order chi connectivity index (χ1) is 16.5. The number of carbonyl (C=O) groups excluding carboxylic acids is 2. The molecule has 35 heavy (non-hydrogen) atoms. The molecule has 2 aliphatic rings. The van der Waals surface area contributed by atoms with E-state index in [4.69, 9.17) is 4.74 Å². The maximum atomic E-state index is 13.3. The van der Waals surface area contributed by atoms with E-state index in [-0.39, 0.29) is 28.7 Å². The van der Waals surface area contributed by atoms with Crippen molar-refractivity contribution in [1.29, 1.82) is 0 Å². The van der Waals surface area contributed by atoms with Gasteiger partial charge in [-0.15, -0.1) is 0 Å². The minimum absolute atomic E-state index is 0.00247. The van der Waals surface area contributed by atoms with Crippen molar-refractivity contribution >= 4 is 11.8 Å². The number of likely N-dealkylation sites (tertiary alicyclic amines) is 1. The molecule has 0 radical (unpaired) electrons. The maximum Gasteiger partial charge on any atom is 0.274 e. The Balaban J connectivity index is 1.50. The number of likely N-dealkylation sites (N-methyl/N-ethyl adjacent to an activating group) is 1. The average Bonchev–Trinajstić information content (AvgIpc) is 3.09. The Kier molecular flexibility index (Phi) is 6.73. The molecule has 7 nitrogen and oxygen atoms in total. The minimum Gasteiger partial charge on any atom is -0.497 e. The van der Waals surface area contributed by atoms with Crippen LogP contribution in [0.2, 0.25) is 0 Å². The molecular formula is C28H40N4O3. The zero-order valence-corrected chi connectivity index (χ0v) is 22.2. The van der Waals surface area contributed by atoms with Crippen molar-refractivity contribution in [3.8, 4) is 5.75 Å². The van der Waals surface area contributed by atoms with Gasteiger partial charge in [-0.05, 0) is 59.8 Å². The monoisotopic (exact) mass is 480 g/mol. The van der Waals surface area contributed by atoms with Crippen molar-refractivity contribution < 1.29 is 14.3 Å². The Morgan fingerprint density at radius 1 is 1.14 bits per heavy atom. The third-order valence-electron chi connectivity index (χ3n) is 8.99. The van der Waals surface area contributed by atoms with Crippen molar-refractivity contribution in [3.63, 3.8) is 0 Å². The van der Waals surface area contributed by atoms with E-state index in [0.29, 0.717) is 17.5 Å². The molecule has 2 aromatic rings. The lowest BCUT2D eigenvalue weighted by Crippen LogP contribution is -2.49. The predicted molar refractivity (Wildman–Crippen MR) is 136 cm³/mol. The summed E-state index contributed by atoms with van der Waals surface area (Å²) < 4.78 is 7.08. The summed E-state index contributed by atoms with van der Waals surface area (Å²) in [7, 11) is 5.37. The molecule has 7 heteroatoms. The minimum atomic E-state index is -0.0709. The number of methoxy groups -OCH3 is 1. The molecule has 1 aliphatic heterocycles. The van der Waals surface area contributed by atoms with Crippen molar-refractivity contribution in [3.05, 3.63) is 47.8 Å². The first kappa shape index (κ1) is 25.3. The Hall–Kier alpha value is -2.83. The van der Waals surface area contributed by atoms with E-state index in [9.17, 15) is 9.59 Å². The smallest absolute Gasteiger partial charge is 0.274 e. The molecule has 1 aliphatic carbocycles. The number of benzene rings is 1. The van der Waals surface area contributed by atoms with Crippen LogP contribution < -0.4 is 4.74 Å². The summed E-state index contributed by atoms with van der Waals surface area (Å²) in [5.41, 5.74) is 1.68. The fraction of sp³-hybridized carbons (Fsp3) is 0.607. The van der Waals surface area contributed by atoms with Crippen LogP contribution in [-0.4, -0.2) is 64.7 Å². The third kappa shape index (κ3) is 4.69. The number of ether oxygens (including phenoxy) is 1. The van der Waals surface area contributed by atoms with Gasteiger partial charge in [0.15, 0.2) is 0 Å². The second-order valence-electron chi connectivity index (χ2n) is 11.5. The van der Waals surface area contributed by atoms with E-state index in [2.05, 4.69) is 43.8 Å². The van der Waals surface area contributed by atoms with Crippen LogP contribution in [0, 0.1) is 22.7 Å². The average molecular weight is 481 g/mol. The lowest BCUT2D eigenvalue weighted by Gasteiger charge is -2.40.